The third-order valence-corrected chi connectivity index (χ3v) is 18.6. The number of carbonyl (C=O) groups excluding carboxylic acids is 4. The van der Waals surface area contributed by atoms with Crippen LogP contribution < -0.4 is 0 Å². The molecule has 0 heterocycles. The Morgan fingerprint density at radius 2 is 0.505 bits per heavy atom. The molecule has 0 aromatic carbocycles. The Morgan fingerprint density at radius 3 is 0.747 bits per heavy atom. The first kappa shape index (κ1) is 89.1. The first-order chi connectivity index (χ1) is 43.9. The zero-order chi connectivity index (χ0) is 67.2. The SMILES string of the molecule is CCCCCCCCCCCCCCCC(=O)OC[C@H](COP(=O)(O)OC[C@@H](O)COP(=O)(O)OC[C@@H](COC(=O)CCCCCCCCCCCCC)OC(=O)CCCCCCCCCCC(C)C)OC(=O)CCCCCCCCCCCCCCCC(C)C. The fourth-order valence-electron chi connectivity index (χ4n) is 10.9. The number of aliphatic hydroxyl groups is 1. The molecule has 0 aliphatic heterocycles. The second-order valence-electron chi connectivity index (χ2n) is 26.9. The number of ether oxygens (including phenoxy) is 4. The standard InChI is InChI=1S/C72H140O17P2/c1-7-9-11-13-15-17-19-21-26-30-37-43-49-55-70(75)83-60-67(88-71(76)56-50-44-38-31-27-23-20-22-25-28-34-40-46-52-64(3)4)62-86-90(78,79)84-58-66(73)59-85-91(80,81)87-63-68(89-72(77)57-51-45-39-33-32-35-41-47-53-65(5)6)61-82-69(74)54-48-42-36-29-24-18-16-14-12-10-8-2/h64-68,73H,7-63H2,1-6H3,(H,78,79)(H,80,81)/t66-,67-,68-/m1/s1. The molecule has 0 radical (unpaired) electrons. The molecule has 2 unspecified atom stereocenters. The number of rotatable bonds is 71. The Morgan fingerprint density at radius 1 is 0.297 bits per heavy atom. The minimum atomic E-state index is -4.95. The Balaban J connectivity index is 5.25. The number of hydrogen-bond acceptors (Lipinski definition) is 15. The zero-order valence-corrected chi connectivity index (χ0v) is 60.9. The quantitative estimate of drug-likeness (QED) is 0.0222. The smallest absolute Gasteiger partial charge is 0.462 e. The molecule has 0 aliphatic carbocycles. The highest BCUT2D eigenvalue weighted by Gasteiger charge is 2.30. The highest BCUT2D eigenvalue weighted by molar-refractivity contribution is 7.47. The Labute approximate surface area is 556 Å². The number of phosphoric acid groups is 2. The van der Waals surface area contributed by atoms with Crippen LogP contribution in [0.25, 0.3) is 0 Å². The normalized spacial score (nSPS) is 14.1. The second-order valence-corrected chi connectivity index (χ2v) is 29.8. The Hall–Kier alpha value is -1.94. The van der Waals surface area contributed by atoms with Crippen molar-refractivity contribution in [1.29, 1.82) is 0 Å². The lowest BCUT2D eigenvalue weighted by Crippen LogP contribution is -2.30. The highest BCUT2D eigenvalue weighted by Crippen LogP contribution is 2.45. The summed E-state index contributed by atoms with van der Waals surface area (Å²) >= 11 is 0. The van der Waals surface area contributed by atoms with Crippen LogP contribution in [0.15, 0.2) is 0 Å². The van der Waals surface area contributed by atoms with E-state index < -0.39 is 97.5 Å². The number of unbranched alkanes of at least 4 members (excludes halogenated alkanes) is 41. The molecule has 0 spiro atoms. The summed E-state index contributed by atoms with van der Waals surface area (Å²) in [6.45, 7) is 9.54. The first-order valence-corrected chi connectivity index (χ1v) is 40.5. The fraction of sp³-hybridized carbons (Fsp3) is 0.944. The maximum atomic E-state index is 13.0. The van der Waals surface area contributed by atoms with Gasteiger partial charge >= 0.3 is 39.5 Å². The van der Waals surface area contributed by atoms with Gasteiger partial charge in [0.2, 0.25) is 0 Å². The molecule has 0 aromatic heterocycles. The van der Waals surface area contributed by atoms with Crippen molar-refractivity contribution in [1.82, 2.24) is 0 Å². The van der Waals surface area contributed by atoms with Gasteiger partial charge < -0.3 is 33.8 Å². The van der Waals surface area contributed by atoms with E-state index in [1.165, 1.54) is 186 Å². The van der Waals surface area contributed by atoms with Crippen molar-refractivity contribution >= 4 is 39.5 Å². The Bertz CT molecular complexity index is 1770. The second kappa shape index (κ2) is 64.1. The average Bonchev–Trinajstić information content (AvgIpc) is 2.64. The summed E-state index contributed by atoms with van der Waals surface area (Å²) in [5, 5.41) is 10.6. The molecule has 0 amide bonds. The summed E-state index contributed by atoms with van der Waals surface area (Å²) in [6.07, 6.45) is 49.8. The van der Waals surface area contributed by atoms with E-state index in [4.69, 9.17) is 37.0 Å². The predicted molar refractivity (Wildman–Crippen MR) is 368 cm³/mol. The molecule has 0 bridgehead atoms. The maximum absolute atomic E-state index is 13.0. The molecular formula is C72H140O17P2. The third-order valence-electron chi connectivity index (χ3n) is 16.7. The minimum absolute atomic E-state index is 0.105. The van der Waals surface area contributed by atoms with Gasteiger partial charge in [0.1, 0.15) is 19.3 Å². The van der Waals surface area contributed by atoms with Crippen molar-refractivity contribution in [2.45, 2.75) is 387 Å². The zero-order valence-electron chi connectivity index (χ0n) is 59.1. The lowest BCUT2D eigenvalue weighted by atomic mass is 10.0. The molecule has 0 aliphatic rings. The van der Waals surface area contributed by atoms with Crippen LogP contribution in [-0.4, -0.2) is 96.7 Å². The van der Waals surface area contributed by atoms with Gasteiger partial charge in [0.05, 0.1) is 26.4 Å². The van der Waals surface area contributed by atoms with Crippen LogP contribution in [-0.2, 0) is 65.4 Å². The topological polar surface area (TPSA) is 237 Å². The van der Waals surface area contributed by atoms with Gasteiger partial charge in [-0.05, 0) is 37.5 Å². The molecular weight excluding hydrogens is 1200 g/mol. The number of aliphatic hydroxyl groups excluding tert-OH is 1. The Kier molecular flexibility index (Phi) is 62.7. The van der Waals surface area contributed by atoms with Crippen LogP contribution in [0.1, 0.15) is 369 Å². The largest absolute Gasteiger partial charge is 0.472 e. The average molecular weight is 1340 g/mol. The molecule has 540 valence electrons. The lowest BCUT2D eigenvalue weighted by molar-refractivity contribution is -0.161. The minimum Gasteiger partial charge on any atom is -0.462 e. The van der Waals surface area contributed by atoms with E-state index in [9.17, 15) is 43.2 Å². The van der Waals surface area contributed by atoms with E-state index in [2.05, 4.69) is 41.5 Å². The van der Waals surface area contributed by atoms with Gasteiger partial charge in [-0.15, -0.1) is 0 Å². The van der Waals surface area contributed by atoms with Crippen LogP contribution in [0.3, 0.4) is 0 Å². The van der Waals surface area contributed by atoms with Gasteiger partial charge in [0, 0.05) is 25.7 Å². The lowest BCUT2D eigenvalue weighted by Gasteiger charge is -2.21. The monoisotopic (exact) mass is 1340 g/mol. The molecule has 0 aromatic rings. The number of phosphoric ester groups is 2. The van der Waals surface area contributed by atoms with Crippen LogP contribution in [0.5, 0.6) is 0 Å². The van der Waals surface area contributed by atoms with Gasteiger partial charge in [-0.1, -0.05) is 318 Å². The highest BCUT2D eigenvalue weighted by atomic mass is 31.2. The molecule has 19 heteroatoms. The van der Waals surface area contributed by atoms with Gasteiger partial charge in [-0.25, -0.2) is 9.13 Å². The summed E-state index contributed by atoms with van der Waals surface area (Å²) in [5.41, 5.74) is 0. The fourth-order valence-corrected chi connectivity index (χ4v) is 12.5. The maximum Gasteiger partial charge on any atom is 0.472 e. The molecule has 0 saturated heterocycles. The summed E-state index contributed by atoms with van der Waals surface area (Å²) < 4.78 is 68.4. The van der Waals surface area contributed by atoms with Crippen molar-refractivity contribution in [2.24, 2.45) is 11.8 Å². The number of carbonyl (C=O) groups is 4. The van der Waals surface area contributed by atoms with Crippen LogP contribution in [0.2, 0.25) is 0 Å². The van der Waals surface area contributed by atoms with E-state index in [0.717, 1.165) is 102 Å². The van der Waals surface area contributed by atoms with E-state index >= 15 is 0 Å². The molecule has 5 atom stereocenters. The molecule has 3 N–H and O–H groups in total. The van der Waals surface area contributed by atoms with E-state index in [0.29, 0.717) is 25.7 Å². The number of esters is 4. The van der Waals surface area contributed by atoms with Crippen molar-refractivity contribution in [3.05, 3.63) is 0 Å². The van der Waals surface area contributed by atoms with Crippen molar-refractivity contribution in [3.63, 3.8) is 0 Å². The van der Waals surface area contributed by atoms with Gasteiger partial charge in [0.25, 0.3) is 0 Å². The van der Waals surface area contributed by atoms with Crippen LogP contribution >= 0.6 is 15.6 Å². The summed E-state index contributed by atoms with van der Waals surface area (Å²) in [4.78, 5) is 72.6. The molecule has 0 fully saturated rings. The predicted octanol–water partition coefficient (Wildman–Crippen LogP) is 20.8. The van der Waals surface area contributed by atoms with Crippen molar-refractivity contribution in [2.75, 3.05) is 39.6 Å². The van der Waals surface area contributed by atoms with Crippen LogP contribution in [0.4, 0.5) is 0 Å². The summed E-state index contributed by atoms with van der Waals surface area (Å²) in [7, 11) is -9.90. The van der Waals surface area contributed by atoms with E-state index in [-0.39, 0.29) is 25.7 Å². The summed E-state index contributed by atoms with van der Waals surface area (Å²) in [5.74, 6) is -0.616. The van der Waals surface area contributed by atoms with Gasteiger partial charge in [0.15, 0.2) is 12.2 Å². The van der Waals surface area contributed by atoms with E-state index in [1.54, 1.807) is 0 Å². The van der Waals surface area contributed by atoms with Crippen molar-refractivity contribution in [3.8, 4) is 0 Å². The third kappa shape index (κ3) is 66.5. The molecule has 91 heavy (non-hydrogen) atoms. The summed E-state index contributed by atoms with van der Waals surface area (Å²) in [6, 6.07) is 0. The van der Waals surface area contributed by atoms with E-state index in [1.807, 2.05) is 0 Å². The first-order valence-electron chi connectivity index (χ1n) is 37.5. The molecule has 0 rings (SSSR count). The van der Waals surface area contributed by atoms with Crippen LogP contribution in [0, 0.1) is 11.8 Å². The number of hydrogen-bond donors (Lipinski definition) is 3. The van der Waals surface area contributed by atoms with Gasteiger partial charge in [-0.3, -0.25) is 37.3 Å². The van der Waals surface area contributed by atoms with Gasteiger partial charge in [-0.2, -0.15) is 0 Å². The molecule has 0 saturated carbocycles. The molecule has 17 nitrogen and oxygen atoms in total. The van der Waals surface area contributed by atoms with Crippen molar-refractivity contribution < 1.29 is 80.2 Å².